The third-order valence-electron chi connectivity index (χ3n) is 3.65. The first kappa shape index (κ1) is 28.4. The average molecular weight is 411 g/mol. The van der Waals surface area contributed by atoms with Crippen LogP contribution < -0.4 is 113 Å². The molecule has 0 aromatic rings. The number of hydrogen-bond acceptors (Lipinski definition) is 7. The molecule has 128 valence electrons. The van der Waals surface area contributed by atoms with Crippen LogP contribution in [-0.4, -0.2) is 34.5 Å². The number of aliphatic carboxylic acids is 3. The van der Waals surface area contributed by atoms with Crippen molar-refractivity contribution < 1.29 is 132 Å². The molecule has 26 heavy (non-hydrogen) atoms. The normalized spacial score (nSPS) is 16.4. The number of carbonyl (C=O) groups is 3. The molecule has 8 nitrogen and oxygen atoms in total. The molecular weight excluding hydrogens is 394 g/mol. The molecule has 0 aliphatic carbocycles. The zero-order chi connectivity index (χ0) is 18.4. The Kier molecular flexibility index (Phi) is 14.6. The van der Waals surface area contributed by atoms with Crippen molar-refractivity contribution in [3.05, 3.63) is 34.7 Å². The fourth-order valence-electron chi connectivity index (χ4n) is 2.40. The topological polar surface area (TPSA) is 145 Å². The van der Waals surface area contributed by atoms with Gasteiger partial charge < -0.3 is 29.8 Å². The van der Waals surface area contributed by atoms with E-state index in [1.54, 1.807) is 30.9 Å². The Hall–Kier alpha value is 0.193. The summed E-state index contributed by atoms with van der Waals surface area (Å²) in [4.78, 5) is 34.4. The first-order chi connectivity index (χ1) is 11.2. The van der Waals surface area contributed by atoms with Gasteiger partial charge in [0.05, 0.1) is 0 Å². The van der Waals surface area contributed by atoms with E-state index in [9.17, 15) is 24.6 Å². The van der Waals surface area contributed by atoms with E-state index in [0.29, 0.717) is 11.4 Å². The van der Waals surface area contributed by atoms with Gasteiger partial charge in [-0.15, -0.1) is 0 Å². The predicted molar refractivity (Wildman–Crippen MR) is 77.2 cm³/mol. The minimum atomic E-state index is -1.51. The molecule has 0 saturated carbocycles. The van der Waals surface area contributed by atoms with E-state index >= 15 is 0 Å². The zero-order valence-electron chi connectivity index (χ0n) is 15.2. The van der Waals surface area contributed by atoms with Gasteiger partial charge in [-0.3, -0.25) is 0 Å². The van der Waals surface area contributed by atoms with Crippen LogP contribution in [0, 0.1) is 17.2 Å². The number of carbonyl (C=O) groups excluding carboxylic acids is 2. The van der Waals surface area contributed by atoms with Gasteiger partial charge in [-0.05, 0) is 38.3 Å². The second-order valence-electron chi connectivity index (χ2n) is 5.36. The van der Waals surface area contributed by atoms with Crippen molar-refractivity contribution in [2.24, 2.45) is 5.92 Å². The minimum Gasteiger partial charge on any atom is -0.550 e. The van der Waals surface area contributed by atoms with E-state index in [1.807, 2.05) is 0 Å². The molecule has 0 spiro atoms. The van der Waals surface area contributed by atoms with Crippen LogP contribution in [0.1, 0.15) is 26.7 Å². The Balaban J connectivity index is 0. The molecule has 1 rings (SSSR count). The van der Waals surface area contributed by atoms with Crippen LogP contribution in [0.25, 0.3) is 0 Å². The van der Waals surface area contributed by atoms with Crippen molar-refractivity contribution >= 4 is 17.9 Å². The summed E-state index contributed by atoms with van der Waals surface area (Å²) in [5.74, 6) is -5.65. The van der Waals surface area contributed by atoms with Crippen LogP contribution in [0.4, 0.5) is 0 Å². The van der Waals surface area contributed by atoms with Crippen LogP contribution in [-0.2, 0) is 14.4 Å². The maximum atomic E-state index is 11.1. The fraction of sp³-hybridized carbons (Fsp3) is 0.375. The van der Waals surface area contributed by atoms with Gasteiger partial charge in [0, 0.05) is 35.8 Å². The Morgan fingerprint density at radius 2 is 1.85 bits per heavy atom. The van der Waals surface area contributed by atoms with Crippen LogP contribution >= 0.6 is 0 Å². The third kappa shape index (κ3) is 8.47. The van der Waals surface area contributed by atoms with Crippen molar-refractivity contribution in [3.8, 4) is 6.07 Å². The Labute approximate surface area is 236 Å². The Bertz CT molecular complexity index is 706. The molecule has 1 heterocycles. The molecular formula is C16H16K2N2O6. The van der Waals surface area contributed by atoms with E-state index in [-0.39, 0.29) is 121 Å². The van der Waals surface area contributed by atoms with Gasteiger partial charge in [0.25, 0.3) is 0 Å². The van der Waals surface area contributed by atoms with Gasteiger partial charge in [0.2, 0.25) is 0 Å². The van der Waals surface area contributed by atoms with E-state index in [4.69, 9.17) is 10.4 Å². The maximum Gasteiger partial charge on any atom is 1.00 e. The van der Waals surface area contributed by atoms with Crippen LogP contribution in [0.3, 0.4) is 0 Å². The van der Waals surface area contributed by atoms with E-state index in [1.165, 1.54) is 6.08 Å². The third-order valence-corrected chi connectivity index (χ3v) is 3.65. The van der Waals surface area contributed by atoms with Crippen molar-refractivity contribution in [3.63, 3.8) is 0 Å². The number of allylic oxidation sites excluding steroid dienone is 5. The number of carboxylic acids is 3. The quantitative estimate of drug-likeness (QED) is 0.258. The molecule has 0 saturated heterocycles. The largest absolute Gasteiger partial charge is 1.00 e. The van der Waals surface area contributed by atoms with Crippen LogP contribution in [0.15, 0.2) is 34.7 Å². The number of nitrogens with zero attached hydrogens (tertiary/aromatic N) is 2. The van der Waals surface area contributed by atoms with E-state index in [2.05, 4.69) is 0 Å². The first-order valence-electron chi connectivity index (χ1n) is 7.07. The summed E-state index contributed by atoms with van der Waals surface area (Å²) in [5.41, 5.74) is 1.00. The number of carboxylic acid groups (broad SMARTS) is 3. The number of nitriles is 1. The molecule has 1 aliphatic heterocycles. The predicted octanol–water partition coefficient (Wildman–Crippen LogP) is -7.08. The molecule has 1 N–H and O–H groups in total. The molecule has 0 radical (unpaired) electrons. The van der Waals surface area contributed by atoms with Crippen molar-refractivity contribution in [1.29, 1.82) is 5.26 Å². The van der Waals surface area contributed by atoms with Crippen molar-refractivity contribution in [1.82, 2.24) is 4.90 Å². The minimum absolute atomic E-state index is 0. The number of hydrogen-bond donors (Lipinski definition) is 1. The summed E-state index contributed by atoms with van der Waals surface area (Å²) < 4.78 is 0. The smallest absolute Gasteiger partial charge is 0.550 e. The fourth-order valence-corrected chi connectivity index (χ4v) is 2.40. The van der Waals surface area contributed by atoms with Crippen molar-refractivity contribution in [2.75, 3.05) is 6.54 Å². The van der Waals surface area contributed by atoms with Gasteiger partial charge in [0.15, 0.2) is 0 Å². The summed E-state index contributed by atoms with van der Waals surface area (Å²) in [6, 6.07) is 1.63. The first-order valence-corrected chi connectivity index (χ1v) is 7.07. The molecule has 0 aromatic heterocycles. The molecule has 0 fully saturated rings. The standard InChI is InChI=1S/C16H18N2O6.2K/c1-9-3-4-11(13(7-17)16(23)24)5-10(2)18(9)8-12(15(21)22)6-14(19)20;;/h3,5,12H,4,6,8H2,1-2H3,(H,19,20)(H,21,22)(H,23,24);;/q;2*+1/p-2/b13-11+;;. The summed E-state index contributed by atoms with van der Waals surface area (Å²) >= 11 is 0. The second kappa shape index (κ2) is 13.4. The molecule has 1 atom stereocenters. The molecule has 1 aliphatic rings. The molecule has 0 amide bonds. The number of rotatable bonds is 6. The molecule has 1 unspecified atom stereocenters. The van der Waals surface area contributed by atoms with E-state index < -0.39 is 35.8 Å². The monoisotopic (exact) mass is 410 g/mol. The molecule has 0 aromatic carbocycles. The molecule has 10 heteroatoms. The Morgan fingerprint density at radius 1 is 1.27 bits per heavy atom. The summed E-state index contributed by atoms with van der Waals surface area (Å²) in [6.07, 6.45) is 2.62. The molecule has 0 bridgehead atoms. The van der Waals surface area contributed by atoms with Gasteiger partial charge in [-0.25, -0.2) is 4.79 Å². The summed E-state index contributed by atoms with van der Waals surface area (Å²) in [5, 5.41) is 39.8. The van der Waals surface area contributed by atoms with Crippen LogP contribution in [0.2, 0.25) is 0 Å². The van der Waals surface area contributed by atoms with Crippen LogP contribution in [0.5, 0.6) is 0 Å². The SMILES string of the molecule is CC1=CC/C(=C(/C#N)C(=O)O)C=C(C)N1CC(CC(=O)[O-])C(=O)[O-].[K+].[K+]. The van der Waals surface area contributed by atoms with Gasteiger partial charge in [-0.2, -0.15) is 5.26 Å². The second-order valence-corrected chi connectivity index (χ2v) is 5.36. The van der Waals surface area contributed by atoms with Gasteiger partial charge in [-0.1, -0.05) is 6.08 Å². The maximum absolute atomic E-state index is 11.1. The van der Waals surface area contributed by atoms with Crippen molar-refractivity contribution in [2.45, 2.75) is 26.7 Å². The van der Waals surface area contributed by atoms with E-state index in [0.717, 1.165) is 0 Å². The summed E-state index contributed by atoms with van der Waals surface area (Å²) in [6.45, 7) is 3.13. The Morgan fingerprint density at radius 3 is 2.27 bits per heavy atom. The summed E-state index contributed by atoms with van der Waals surface area (Å²) in [7, 11) is 0. The van der Waals surface area contributed by atoms with Gasteiger partial charge in [0.1, 0.15) is 11.6 Å². The van der Waals surface area contributed by atoms with Gasteiger partial charge >= 0.3 is 109 Å². The zero-order valence-corrected chi connectivity index (χ0v) is 21.5. The average Bonchev–Trinajstić information content (AvgIpc) is 2.59.